The number of benzene rings is 2. The second-order valence-electron chi connectivity index (χ2n) is 7.18. The molecule has 1 aliphatic rings. The van der Waals surface area contributed by atoms with Gasteiger partial charge in [-0.25, -0.2) is 0 Å². The van der Waals surface area contributed by atoms with Crippen LogP contribution in [-0.4, -0.2) is 41.3 Å². The van der Waals surface area contributed by atoms with Gasteiger partial charge in [-0.05, 0) is 29.7 Å². The van der Waals surface area contributed by atoms with Crippen LogP contribution in [0.3, 0.4) is 0 Å². The molecule has 2 amide bonds. The van der Waals surface area contributed by atoms with E-state index in [2.05, 4.69) is 34.1 Å². The molecule has 1 unspecified atom stereocenters. The SMILES string of the molecule is O=C(CNC(=O)c1ccccc1)NCC1OCCc2cn(Cc3ccccc3)nc21. The molecule has 30 heavy (non-hydrogen) atoms. The highest BCUT2D eigenvalue weighted by atomic mass is 16.5. The average molecular weight is 404 g/mol. The molecule has 0 saturated carbocycles. The molecule has 1 atom stereocenters. The topological polar surface area (TPSA) is 85.3 Å². The Bertz CT molecular complexity index is 1000. The molecule has 7 heteroatoms. The number of ether oxygens (including phenoxy) is 1. The summed E-state index contributed by atoms with van der Waals surface area (Å²) in [5.41, 5.74) is 3.71. The molecule has 7 nitrogen and oxygen atoms in total. The van der Waals surface area contributed by atoms with Crippen molar-refractivity contribution in [2.75, 3.05) is 19.7 Å². The number of nitrogens with zero attached hydrogens (tertiary/aromatic N) is 2. The van der Waals surface area contributed by atoms with Gasteiger partial charge in [0.1, 0.15) is 6.10 Å². The highest BCUT2D eigenvalue weighted by Crippen LogP contribution is 2.25. The summed E-state index contributed by atoms with van der Waals surface area (Å²) in [6.07, 6.45) is 2.57. The van der Waals surface area contributed by atoms with Gasteiger partial charge in [0.25, 0.3) is 5.91 Å². The van der Waals surface area contributed by atoms with E-state index in [-0.39, 0.29) is 24.5 Å². The third kappa shape index (κ3) is 4.93. The first-order chi connectivity index (χ1) is 14.7. The standard InChI is InChI=1S/C23H24N4O3/c28-21(14-25-23(29)18-9-5-2-6-10-18)24-13-20-22-19(11-12-30-20)16-27(26-22)15-17-7-3-1-4-8-17/h1-10,16,20H,11-15H2,(H,24,28)(H,25,29). The molecular formula is C23H24N4O3. The maximum absolute atomic E-state index is 12.2. The Kier molecular flexibility index (Phi) is 6.20. The molecule has 0 aliphatic carbocycles. The van der Waals surface area contributed by atoms with E-state index in [1.54, 1.807) is 24.3 Å². The van der Waals surface area contributed by atoms with Crippen molar-refractivity contribution in [1.29, 1.82) is 0 Å². The first kappa shape index (κ1) is 19.8. The highest BCUT2D eigenvalue weighted by Gasteiger charge is 2.25. The van der Waals surface area contributed by atoms with E-state index in [1.165, 1.54) is 5.56 Å². The van der Waals surface area contributed by atoms with E-state index in [1.807, 2.05) is 28.9 Å². The molecule has 2 aromatic carbocycles. The van der Waals surface area contributed by atoms with Crippen LogP contribution in [0.5, 0.6) is 0 Å². The van der Waals surface area contributed by atoms with E-state index in [0.717, 1.165) is 17.7 Å². The fourth-order valence-electron chi connectivity index (χ4n) is 3.46. The van der Waals surface area contributed by atoms with E-state index < -0.39 is 0 Å². The largest absolute Gasteiger partial charge is 0.370 e. The van der Waals surface area contributed by atoms with Crippen LogP contribution < -0.4 is 10.6 Å². The predicted molar refractivity (Wildman–Crippen MR) is 112 cm³/mol. The van der Waals surface area contributed by atoms with E-state index >= 15 is 0 Å². The lowest BCUT2D eigenvalue weighted by Crippen LogP contribution is -2.39. The van der Waals surface area contributed by atoms with Gasteiger partial charge in [0.15, 0.2) is 0 Å². The number of rotatable bonds is 7. The quantitative estimate of drug-likeness (QED) is 0.632. The lowest BCUT2D eigenvalue weighted by molar-refractivity contribution is -0.120. The summed E-state index contributed by atoms with van der Waals surface area (Å²) in [6, 6.07) is 19.0. The molecule has 0 spiro atoms. The second kappa shape index (κ2) is 9.37. The molecule has 2 N–H and O–H groups in total. The number of aromatic nitrogens is 2. The smallest absolute Gasteiger partial charge is 0.251 e. The summed E-state index contributed by atoms with van der Waals surface area (Å²) in [6.45, 7) is 1.51. The fraction of sp³-hybridized carbons (Fsp3) is 0.261. The molecule has 0 radical (unpaired) electrons. The van der Waals surface area contributed by atoms with Crippen LogP contribution in [-0.2, 0) is 22.5 Å². The van der Waals surface area contributed by atoms with Crippen molar-refractivity contribution in [3.8, 4) is 0 Å². The Morgan fingerprint density at radius 2 is 1.77 bits per heavy atom. The number of nitrogens with one attached hydrogen (secondary N) is 2. The first-order valence-electron chi connectivity index (χ1n) is 10.0. The first-order valence-corrected chi connectivity index (χ1v) is 10.0. The maximum atomic E-state index is 12.2. The Balaban J connectivity index is 1.30. The summed E-state index contributed by atoms with van der Waals surface area (Å²) < 4.78 is 7.76. The number of amides is 2. The molecule has 0 saturated heterocycles. The lowest BCUT2D eigenvalue weighted by Gasteiger charge is -2.22. The Morgan fingerprint density at radius 1 is 1.03 bits per heavy atom. The van der Waals surface area contributed by atoms with Gasteiger partial charge in [-0.1, -0.05) is 48.5 Å². The third-order valence-corrected chi connectivity index (χ3v) is 4.98. The minimum absolute atomic E-state index is 0.0875. The summed E-state index contributed by atoms with van der Waals surface area (Å²) in [5.74, 6) is -0.541. The fourth-order valence-corrected chi connectivity index (χ4v) is 3.46. The van der Waals surface area contributed by atoms with Gasteiger partial charge in [0, 0.05) is 18.3 Å². The van der Waals surface area contributed by atoms with Crippen LogP contribution in [0.1, 0.15) is 33.3 Å². The van der Waals surface area contributed by atoms with Crippen molar-refractivity contribution in [1.82, 2.24) is 20.4 Å². The Hall–Kier alpha value is -3.45. The van der Waals surface area contributed by atoms with Crippen molar-refractivity contribution >= 4 is 11.8 Å². The van der Waals surface area contributed by atoms with Gasteiger partial charge >= 0.3 is 0 Å². The lowest BCUT2D eigenvalue weighted by atomic mass is 10.1. The van der Waals surface area contributed by atoms with Crippen LogP contribution in [0.2, 0.25) is 0 Å². The van der Waals surface area contributed by atoms with Crippen LogP contribution >= 0.6 is 0 Å². The van der Waals surface area contributed by atoms with Gasteiger partial charge in [-0.15, -0.1) is 0 Å². The van der Waals surface area contributed by atoms with Crippen molar-refractivity contribution in [3.05, 3.63) is 89.2 Å². The Labute approximate surface area is 175 Å². The molecule has 154 valence electrons. The molecule has 1 aromatic heterocycles. The second-order valence-corrected chi connectivity index (χ2v) is 7.18. The Morgan fingerprint density at radius 3 is 2.53 bits per heavy atom. The number of fused-ring (bicyclic) bond motifs is 1. The molecule has 4 rings (SSSR count). The number of hydrogen-bond donors (Lipinski definition) is 2. The molecule has 1 aliphatic heterocycles. The van der Waals surface area contributed by atoms with Crippen molar-refractivity contribution < 1.29 is 14.3 Å². The van der Waals surface area contributed by atoms with Gasteiger partial charge < -0.3 is 15.4 Å². The van der Waals surface area contributed by atoms with Crippen molar-refractivity contribution in [2.24, 2.45) is 0 Å². The van der Waals surface area contributed by atoms with Gasteiger partial charge in [0.05, 0.1) is 25.4 Å². The maximum Gasteiger partial charge on any atom is 0.251 e. The van der Waals surface area contributed by atoms with Crippen LogP contribution in [0, 0.1) is 0 Å². The summed E-state index contributed by atoms with van der Waals surface area (Å²) in [7, 11) is 0. The molecule has 0 fully saturated rings. The molecule has 2 heterocycles. The molecular weight excluding hydrogens is 380 g/mol. The zero-order chi connectivity index (χ0) is 20.8. The zero-order valence-corrected chi connectivity index (χ0v) is 16.6. The normalized spacial score (nSPS) is 15.3. The van der Waals surface area contributed by atoms with E-state index in [9.17, 15) is 9.59 Å². The van der Waals surface area contributed by atoms with E-state index in [0.29, 0.717) is 25.3 Å². The number of carbonyl (C=O) groups is 2. The average Bonchev–Trinajstić information content (AvgIpc) is 3.20. The molecule has 0 bridgehead atoms. The minimum atomic E-state index is -0.292. The molecule has 3 aromatic rings. The monoisotopic (exact) mass is 404 g/mol. The summed E-state index contributed by atoms with van der Waals surface area (Å²) in [4.78, 5) is 24.2. The highest BCUT2D eigenvalue weighted by molar-refractivity contribution is 5.96. The number of hydrogen-bond acceptors (Lipinski definition) is 4. The number of carbonyl (C=O) groups excluding carboxylic acids is 2. The van der Waals surface area contributed by atoms with Gasteiger partial charge in [0.2, 0.25) is 5.91 Å². The van der Waals surface area contributed by atoms with Crippen molar-refractivity contribution in [2.45, 2.75) is 19.1 Å². The zero-order valence-electron chi connectivity index (χ0n) is 16.6. The van der Waals surface area contributed by atoms with Crippen LogP contribution in [0.15, 0.2) is 66.9 Å². The summed E-state index contributed by atoms with van der Waals surface area (Å²) >= 11 is 0. The van der Waals surface area contributed by atoms with Gasteiger partial charge in [-0.3, -0.25) is 14.3 Å². The van der Waals surface area contributed by atoms with Crippen LogP contribution in [0.25, 0.3) is 0 Å². The van der Waals surface area contributed by atoms with Gasteiger partial charge in [-0.2, -0.15) is 5.10 Å². The predicted octanol–water partition coefficient (Wildman–Crippen LogP) is 2.09. The summed E-state index contributed by atoms with van der Waals surface area (Å²) in [5, 5.41) is 10.1. The minimum Gasteiger partial charge on any atom is -0.370 e. The van der Waals surface area contributed by atoms with Crippen LogP contribution in [0.4, 0.5) is 0 Å². The third-order valence-electron chi connectivity index (χ3n) is 4.98. The van der Waals surface area contributed by atoms with Crippen molar-refractivity contribution in [3.63, 3.8) is 0 Å². The van der Waals surface area contributed by atoms with E-state index in [4.69, 9.17) is 4.74 Å².